The predicted molar refractivity (Wildman–Crippen MR) is 78.5 cm³/mol. The number of hydrogen-bond acceptors (Lipinski definition) is 1. The number of para-hydroxylation sites is 1. The van der Waals surface area contributed by atoms with Crippen LogP contribution in [0.5, 0.6) is 5.75 Å². The number of benzene rings is 2. The fourth-order valence-electron chi connectivity index (χ4n) is 2.29. The van der Waals surface area contributed by atoms with E-state index in [4.69, 9.17) is 4.74 Å². The van der Waals surface area contributed by atoms with Crippen molar-refractivity contribution in [1.82, 2.24) is 4.57 Å². The lowest BCUT2D eigenvalue weighted by atomic mass is 10.2. The summed E-state index contributed by atoms with van der Waals surface area (Å²) in [5, 5.41) is 1.07. The zero-order chi connectivity index (χ0) is 13.8. The number of halogens is 1. The van der Waals surface area contributed by atoms with Gasteiger partial charge >= 0.3 is 0 Å². The van der Waals surface area contributed by atoms with E-state index >= 15 is 0 Å². The topological polar surface area (TPSA) is 14.2 Å². The summed E-state index contributed by atoms with van der Waals surface area (Å²) in [5.74, 6) is 0.689. The Kier molecular flexibility index (Phi) is 3.68. The second-order valence-electron chi connectivity index (χ2n) is 4.73. The van der Waals surface area contributed by atoms with Gasteiger partial charge in [-0.2, -0.15) is 0 Å². The zero-order valence-electron chi connectivity index (χ0n) is 11.1. The molecule has 3 aromatic rings. The first kappa shape index (κ1) is 12.7. The van der Waals surface area contributed by atoms with Crippen molar-refractivity contribution in [1.29, 1.82) is 0 Å². The van der Waals surface area contributed by atoms with Crippen LogP contribution in [0.1, 0.15) is 6.42 Å². The molecule has 3 rings (SSSR count). The van der Waals surface area contributed by atoms with Crippen LogP contribution in [0.4, 0.5) is 4.39 Å². The van der Waals surface area contributed by atoms with Gasteiger partial charge in [0.15, 0.2) is 0 Å². The molecule has 1 heterocycles. The van der Waals surface area contributed by atoms with Gasteiger partial charge in [-0.05, 0) is 48.2 Å². The number of hydrogen-bond donors (Lipinski definition) is 0. The molecule has 0 saturated carbocycles. The van der Waals surface area contributed by atoms with Crippen molar-refractivity contribution < 1.29 is 9.13 Å². The Bertz CT molecular complexity index is 691. The van der Waals surface area contributed by atoms with E-state index in [0.29, 0.717) is 6.61 Å². The van der Waals surface area contributed by atoms with Crippen LogP contribution in [-0.4, -0.2) is 11.2 Å². The molecule has 0 atom stereocenters. The molecule has 0 amide bonds. The van der Waals surface area contributed by atoms with Crippen LogP contribution in [0.2, 0.25) is 0 Å². The fraction of sp³-hybridized carbons (Fsp3) is 0.176. The lowest BCUT2D eigenvalue weighted by molar-refractivity contribution is 0.302. The largest absolute Gasteiger partial charge is 0.494 e. The minimum Gasteiger partial charge on any atom is -0.494 e. The van der Waals surface area contributed by atoms with Crippen LogP contribution in [-0.2, 0) is 6.54 Å². The maximum Gasteiger partial charge on any atom is 0.125 e. The van der Waals surface area contributed by atoms with Gasteiger partial charge in [0, 0.05) is 12.7 Å². The first-order valence-electron chi connectivity index (χ1n) is 6.75. The normalized spacial score (nSPS) is 10.8. The van der Waals surface area contributed by atoms with E-state index in [2.05, 4.69) is 4.57 Å². The summed E-state index contributed by atoms with van der Waals surface area (Å²) < 4.78 is 21.0. The average Bonchev–Trinajstić information content (AvgIpc) is 2.87. The quantitative estimate of drug-likeness (QED) is 0.632. The molecule has 3 heteroatoms. The minimum absolute atomic E-state index is 0.196. The van der Waals surface area contributed by atoms with Gasteiger partial charge in [0.1, 0.15) is 11.6 Å². The first-order chi connectivity index (χ1) is 9.83. The summed E-state index contributed by atoms with van der Waals surface area (Å²) in [6.07, 6.45) is 2.88. The second kappa shape index (κ2) is 5.78. The molecule has 0 aliphatic carbocycles. The Morgan fingerprint density at radius 3 is 2.70 bits per heavy atom. The van der Waals surface area contributed by atoms with E-state index in [0.717, 1.165) is 29.6 Å². The highest BCUT2D eigenvalue weighted by molar-refractivity contribution is 5.80. The number of fused-ring (bicyclic) bond motifs is 1. The van der Waals surface area contributed by atoms with E-state index < -0.39 is 0 Å². The van der Waals surface area contributed by atoms with E-state index in [-0.39, 0.29) is 5.82 Å². The molecule has 0 bridgehead atoms. The third kappa shape index (κ3) is 2.82. The molecule has 0 N–H and O–H groups in total. The summed E-state index contributed by atoms with van der Waals surface area (Å²) in [4.78, 5) is 0. The summed E-state index contributed by atoms with van der Waals surface area (Å²) in [6, 6.07) is 16.6. The summed E-state index contributed by atoms with van der Waals surface area (Å²) in [7, 11) is 0. The Hall–Kier alpha value is -2.29. The number of ether oxygens (including phenoxy) is 1. The Morgan fingerprint density at radius 1 is 1.00 bits per heavy atom. The highest BCUT2D eigenvalue weighted by Crippen LogP contribution is 2.17. The Morgan fingerprint density at radius 2 is 1.85 bits per heavy atom. The van der Waals surface area contributed by atoms with Crippen molar-refractivity contribution in [3.8, 4) is 5.75 Å². The SMILES string of the molecule is Fc1ccc2ccn(CCCOc3ccccc3)c2c1. The molecule has 2 nitrogen and oxygen atoms in total. The molecule has 102 valence electrons. The van der Waals surface area contributed by atoms with Gasteiger partial charge in [-0.1, -0.05) is 18.2 Å². The van der Waals surface area contributed by atoms with Crippen molar-refractivity contribution in [2.45, 2.75) is 13.0 Å². The van der Waals surface area contributed by atoms with Crippen LogP contribution >= 0.6 is 0 Å². The molecular weight excluding hydrogens is 253 g/mol. The molecular formula is C17H16FNO. The van der Waals surface area contributed by atoms with Gasteiger partial charge < -0.3 is 9.30 Å². The summed E-state index contributed by atoms with van der Waals surface area (Å²) in [5.41, 5.74) is 0.935. The molecule has 0 spiro atoms. The molecule has 0 saturated heterocycles. The number of rotatable bonds is 5. The van der Waals surface area contributed by atoms with Gasteiger partial charge in [-0.25, -0.2) is 4.39 Å². The van der Waals surface area contributed by atoms with Gasteiger partial charge in [-0.3, -0.25) is 0 Å². The van der Waals surface area contributed by atoms with Crippen LogP contribution in [0.25, 0.3) is 10.9 Å². The Balaban J connectivity index is 1.59. The predicted octanol–water partition coefficient (Wildman–Crippen LogP) is 4.25. The lowest BCUT2D eigenvalue weighted by Gasteiger charge is -2.08. The van der Waals surface area contributed by atoms with Crippen molar-refractivity contribution in [3.05, 3.63) is 66.6 Å². The fourth-order valence-corrected chi connectivity index (χ4v) is 2.29. The molecule has 0 aliphatic heterocycles. The van der Waals surface area contributed by atoms with Crippen LogP contribution in [0.3, 0.4) is 0 Å². The highest BCUT2D eigenvalue weighted by Gasteiger charge is 2.02. The number of nitrogens with zero attached hydrogens (tertiary/aromatic N) is 1. The third-order valence-electron chi connectivity index (χ3n) is 3.29. The zero-order valence-corrected chi connectivity index (χ0v) is 11.1. The minimum atomic E-state index is -0.196. The van der Waals surface area contributed by atoms with E-state index in [9.17, 15) is 4.39 Å². The maximum atomic E-state index is 13.3. The van der Waals surface area contributed by atoms with Crippen LogP contribution < -0.4 is 4.74 Å². The average molecular weight is 269 g/mol. The van der Waals surface area contributed by atoms with E-state index in [1.807, 2.05) is 48.7 Å². The molecule has 0 unspecified atom stereocenters. The molecule has 0 radical (unpaired) electrons. The van der Waals surface area contributed by atoms with Gasteiger partial charge in [-0.15, -0.1) is 0 Å². The maximum absolute atomic E-state index is 13.3. The van der Waals surface area contributed by atoms with E-state index in [1.54, 1.807) is 6.07 Å². The highest BCUT2D eigenvalue weighted by atomic mass is 19.1. The summed E-state index contributed by atoms with van der Waals surface area (Å²) >= 11 is 0. The van der Waals surface area contributed by atoms with Gasteiger partial charge in [0.05, 0.1) is 12.1 Å². The molecule has 2 aromatic carbocycles. The molecule has 1 aromatic heterocycles. The van der Waals surface area contributed by atoms with Crippen LogP contribution in [0.15, 0.2) is 60.8 Å². The lowest BCUT2D eigenvalue weighted by Crippen LogP contribution is -2.03. The van der Waals surface area contributed by atoms with Crippen molar-refractivity contribution >= 4 is 10.9 Å². The third-order valence-corrected chi connectivity index (χ3v) is 3.29. The Labute approximate surface area is 117 Å². The molecule has 0 aliphatic rings. The van der Waals surface area contributed by atoms with Crippen LogP contribution in [0, 0.1) is 5.82 Å². The second-order valence-corrected chi connectivity index (χ2v) is 4.73. The van der Waals surface area contributed by atoms with Crippen molar-refractivity contribution in [2.75, 3.05) is 6.61 Å². The number of aryl methyl sites for hydroxylation is 1. The van der Waals surface area contributed by atoms with Crippen molar-refractivity contribution in [3.63, 3.8) is 0 Å². The van der Waals surface area contributed by atoms with Gasteiger partial charge in [0.25, 0.3) is 0 Å². The standard InChI is InChI=1S/C17H16FNO/c18-15-8-7-14-9-11-19(17(14)13-15)10-4-12-20-16-5-2-1-3-6-16/h1-3,5-9,11,13H,4,10,12H2. The smallest absolute Gasteiger partial charge is 0.125 e. The number of aromatic nitrogens is 1. The van der Waals surface area contributed by atoms with Crippen molar-refractivity contribution in [2.24, 2.45) is 0 Å². The summed E-state index contributed by atoms with van der Waals surface area (Å²) in [6.45, 7) is 1.47. The first-order valence-corrected chi connectivity index (χ1v) is 6.75. The van der Waals surface area contributed by atoms with Gasteiger partial charge in [0.2, 0.25) is 0 Å². The van der Waals surface area contributed by atoms with E-state index in [1.165, 1.54) is 6.07 Å². The molecule has 20 heavy (non-hydrogen) atoms. The monoisotopic (exact) mass is 269 g/mol. The molecule has 0 fully saturated rings.